The van der Waals surface area contributed by atoms with Gasteiger partial charge >= 0.3 is 12.2 Å². The van der Waals surface area contributed by atoms with E-state index in [-0.39, 0.29) is 34.9 Å². The quantitative estimate of drug-likeness (QED) is 0.777. The van der Waals surface area contributed by atoms with Crippen LogP contribution in [0.2, 0.25) is 0 Å². The summed E-state index contributed by atoms with van der Waals surface area (Å²) in [4.78, 5) is 12.4. The molecule has 0 unspecified atom stereocenters. The first-order valence-electron chi connectivity index (χ1n) is 7.25. The van der Waals surface area contributed by atoms with Crippen LogP contribution in [0, 0.1) is 6.92 Å². The van der Waals surface area contributed by atoms with E-state index in [1.165, 1.54) is 6.92 Å². The number of anilines is 1. The zero-order chi connectivity index (χ0) is 18.4. The van der Waals surface area contributed by atoms with Gasteiger partial charge in [0.05, 0.1) is 5.56 Å². The molecule has 0 spiro atoms. The number of hydrogen-bond donors (Lipinski definition) is 1. The fourth-order valence-corrected chi connectivity index (χ4v) is 2.30. The summed E-state index contributed by atoms with van der Waals surface area (Å²) in [5.74, 6) is -0.721. The largest absolute Gasteiger partial charge is 0.431 e. The summed E-state index contributed by atoms with van der Waals surface area (Å²) >= 11 is 0. The van der Waals surface area contributed by atoms with E-state index in [4.69, 9.17) is 4.42 Å². The third-order valence-corrected chi connectivity index (χ3v) is 3.38. The molecule has 0 aliphatic heterocycles. The van der Waals surface area contributed by atoms with Gasteiger partial charge in [-0.25, -0.2) is 0 Å². The lowest BCUT2D eigenvalue weighted by molar-refractivity contribution is -0.142. The number of halogens is 3. The zero-order valence-electron chi connectivity index (χ0n) is 13.4. The average molecular weight is 354 g/mol. The van der Waals surface area contributed by atoms with Crippen molar-refractivity contribution in [2.75, 3.05) is 5.32 Å². The number of nitrogens with zero attached hydrogens (tertiary/aromatic N) is 5. The lowest BCUT2D eigenvalue weighted by Gasteiger charge is -2.13. The van der Waals surface area contributed by atoms with Gasteiger partial charge in [-0.1, -0.05) is 18.9 Å². The van der Waals surface area contributed by atoms with Gasteiger partial charge in [0, 0.05) is 12.8 Å². The number of rotatable bonds is 3. The van der Waals surface area contributed by atoms with Crippen molar-refractivity contribution < 1.29 is 22.4 Å². The molecule has 25 heavy (non-hydrogen) atoms. The molecule has 1 N–H and O–H groups in total. The van der Waals surface area contributed by atoms with Crippen molar-refractivity contribution >= 4 is 17.6 Å². The molecule has 0 atom stereocenters. The maximum absolute atomic E-state index is 13.3. The highest BCUT2D eigenvalue weighted by Crippen LogP contribution is 2.32. The number of carbonyl (C=O) groups excluding carboxylic acids is 1. The van der Waals surface area contributed by atoms with Gasteiger partial charge in [0.1, 0.15) is 11.5 Å². The van der Waals surface area contributed by atoms with Crippen LogP contribution >= 0.6 is 0 Å². The van der Waals surface area contributed by atoms with E-state index >= 15 is 0 Å². The Morgan fingerprint density at radius 2 is 1.92 bits per heavy atom. The number of hydrogen-bond acceptors (Lipinski definition) is 6. The molecule has 3 heterocycles. The number of pyridine rings is 1. The van der Waals surface area contributed by atoms with Crippen molar-refractivity contribution in [3.63, 3.8) is 0 Å². The number of alkyl halides is 3. The van der Waals surface area contributed by atoms with Gasteiger partial charge in [-0.15, -0.1) is 15.3 Å². The van der Waals surface area contributed by atoms with Gasteiger partial charge in [-0.2, -0.15) is 13.2 Å². The molecule has 0 saturated carbocycles. The second-order valence-corrected chi connectivity index (χ2v) is 5.58. The minimum atomic E-state index is -4.62. The highest BCUT2D eigenvalue weighted by atomic mass is 19.4. The highest BCUT2D eigenvalue weighted by molar-refractivity contribution is 6.07. The minimum absolute atomic E-state index is 0.0942. The van der Waals surface area contributed by atoms with Gasteiger partial charge in [-0.05, 0) is 12.1 Å². The molecule has 0 radical (unpaired) electrons. The summed E-state index contributed by atoms with van der Waals surface area (Å²) in [5, 5.41) is 17.1. The molecular weight excluding hydrogens is 341 g/mol. The molecular formula is C14H13F3N6O2. The Morgan fingerprint density at radius 3 is 2.48 bits per heavy atom. The van der Waals surface area contributed by atoms with Crippen LogP contribution in [-0.2, 0) is 6.18 Å². The van der Waals surface area contributed by atoms with Crippen LogP contribution in [0.1, 0.15) is 47.5 Å². The van der Waals surface area contributed by atoms with E-state index in [0.717, 1.165) is 16.5 Å². The molecule has 3 aromatic rings. The zero-order valence-corrected chi connectivity index (χ0v) is 13.4. The predicted octanol–water partition coefficient (Wildman–Crippen LogP) is 2.82. The van der Waals surface area contributed by atoms with Gasteiger partial charge in [-0.3, -0.25) is 14.5 Å². The van der Waals surface area contributed by atoms with Crippen LogP contribution < -0.4 is 5.32 Å². The topological polar surface area (TPSA) is 98.2 Å². The lowest BCUT2D eigenvalue weighted by atomic mass is 10.1. The van der Waals surface area contributed by atoms with Crippen LogP contribution in [0.15, 0.2) is 16.5 Å². The Bertz CT molecular complexity index is 944. The second-order valence-electron chi connectivity index (χ2n) is 5.58. The summed E-state index contributed by atoms with van der Waals surface area (Å²) in [6.45, 7) is 4.90. The number of amides is 1. The smallest absolute Gasteiger partial charge is 0.408 e. The lowest BCUT2D eigenvalue weighted by Crippen LogP contribution is -2.18. The Kier molecular flexibility index (Phi) is 3.93. The first-order valence-corrected chi connectivity index (χ1v) is 7.25. The molecule has 0 fully saturated rings. The highest BCUT2D eigenvalue weighted by Gasteiger charge is 2.36. The summed E-state index contributed by atoms with van der Waals surface area (Å²) in [6.07, 6.45) is -4.62. The molecule has 0 aliphatic carbocycles. The summed E-state index contributed by atoms with van der Waals surface area (Å²) in [6, 6.07) is 1.69. The Labute approximate surface area is 139 Å². The number of fused-ring (bicyclic) bond motifs is 1. The Morgan fingerprint density at radius 1 is 1.20 bits per heavy atom. The summed E-state index contributed by atoms with van der Waals surface area (Å²) in [5.41, 5.74) is -1.25. The first-order chi connectivity index (χ1) is 11.7. The molecule has 3 rings (SSSR count). The average Bonchev–Trinajstić information content (AvgIpc) is 3.11. The van der Waals surface area contributed by atoms with Crippen molar-refractivity contribution in [1.29, 1.82) is 0 Å². The minimum Gasteiger partial charge on any atom is -0.408 e. The predicted molar refractivity (Wildman–Crippen MR) is 79.1 cm³/mol. The van der Waals surface area contributed by atoms with Crippen LogP contribution in [0.25, 0.3) is 5.65 Å². The van der Waals surface area contributed by atoms with Gasteiger partial charge < -0.3 is 4.42 Å². The van der Waals surface area contributed by atoms with E-state index in [2.05, 4.69) is 25.7 Å². The number of aryl methyl sites for hydroxylation is 1. The van der Waals surface area contributed by atoms with E-state index in [1.807, 2.05) is 0 Å². The molecule has 0 saturated heterocycles. The van der Waals surface area contributed by atoms with Crippen LogP contribution in [0.3, 0.4) is 0 Å². The molecule has 8 nitrogen and oxygen atoms in total. The molecule has 1 amide bonds. The van der Waals surface area contributed by atoms with Crippen molar-refractivity contribution in [3.8, 4) is 0 Å². The van der Waals surface area contributed by atoms with Crippen LogP contribution in [0.5, 0.6) is 0 Å². The fraction of sp³-hybridized carbons (Fsp3) is 0.357. The number of aromatic nitrogens is 5. The molecule has 3 aromatic heterocycles. The summed E-state index contributed by atoms with van der Waals surface area (Å²) < 4.78 is 45.8. The Hall–Kier alpha value is -2.98. The number of nitrogens with one attached hydrogen (secondary N) is 1. The van der Waals surface area contributed by atoms with Crippen LogP contribution in [-0.4, -0.2) is 30.7 Å². The molecule has 0 bridgehead atoms. The van der Waals surface area contributed by atoms with E-state index in [1.54, 1.807) is 13.8 Å². The second kappa shape index (κ2) is 5.83. The van der Waals surface area contributed by atoms with Crippen LogP contribution in [0.4, 0.5) is 19.2 Å². The van der Waals surface area contributed by atoms with Gasteiger partial charge in [0.25, 0.3) is 5.91 Å². The maximum atomic E-state index is 13.3. The van der Waals surface area contributed by atoms with Crippen molar-refractivity contribution in [3.05, 3.63) is 35.1 Å². The van der Waals surface area contributed by atoms with Gasteiger partial charge in [0.2, 0.25) is 5.89 Å². The van der Waals surface area contributed by atoms with Crippen molar-refractivity contribution in [2.45, 2.75) is 32.9 Å². The van der Waals surface area contributed by atoms with Gasteiger partial charge in [0.15, 0.2) is 5.65 Å². The van der Waals surface area contributed by atoms with Crippen molar-refractivity contribution in [1.82, 2.24) is 24.8 Å². The summed E-state index contributed by atoms with van der Waals surface area (Å²) in [7, 11) is 0. The maximum Gasteiger partial charge on any atom is 0.431 e. The molecule has 11 heteroatoms. The fourth-order valence-electron chi connectivity index (χ4n) is 2.30. The molecule has 0 aliphatic rings. The number of carbonyl (C=O) groups is 1. The monoisotopic (exact) mass is 354 g/mol. The SMILES string of the molecule is Cc1nnc(NC(=O)c2ccc(C(F)(F)F)n3c(C(C)C)nnc23)o1. The molecule has 0 aromatic carbocycles. The van der Waals surface area contributed by atoms with E-state index in [0.29, 0.717) is 0 Å². The van der Waals surface area contributed by atoms with E-state index in [9.17, 15) is 18.0 Å². The first kappa shape index (κ1) is 16.9. The standard InChI is InChI=1S/C14H13F3N6O2/c1-6(2)10-20-21-11-8(4-5-9(23(10)11)14(15,16)17)12(24)18-13-22-19-7(3)25-13/h4-6H,1-3H3,(H,18,22,24). The molecule has 132 valence electrons. The Balaban J connectivity index is 2.12. The third kappa shape index (κ3) is 3.04. The normalized spacial score (nSPS) is 12.1. The van der Waals surface area contributed by atoms with E-state index < -0.39 is 17.8 Å². The third-order valence-electron chi connectivity index (χ3n) is 3.38. The van der Waals surface area contributed by atoms with Crippen molar-refractivity contribution in [2.24, 2.45) is 0 Å².